The van der Waals surface area contributed by atoms with Gasteiger partial charge in [-0.05, 0) is 111 Å². The van der Waals surface area contributed by atoms with Crippen LogP contribution in [0.25, 0.3) is 0 Å². The van der Waals surface area contributed by atoms with Crippen molar-refractivity contribution in [3.63, 3.8) is 0 Å². The summed E-state index contributed by atoms with van der Waals surface area (Å²) in [7, 11) is 0. The number of fused-ring (bicyclic) bond motifs is 3. The van der Waals surface area contributed by atoms with Gasteiger partial charge in [-0.1, -0.05) is 120 Å². The van der Waals surface area contributed by atoms with Gasteiger partial charge in [0.15, 0.2) is 0 Å². The number of amides is 2. The van der Waals surface area contributed by atoms with Crippen molar-refractivity contribution in [1.82, 2.24) is 10.6 Å². The first-order chi connectivity index (χ1) is 23.7. The summed E-state index contributed by atoms with van der Waals surface area (Å²) in [6.45, 7) is 20.4. The van der Waals surface area contributed by atoms with Gasteiger partial charge in [0.25, 0.3) is 0 Å². The van der Waals surface area contributed by atoms with E-state index in [1.54, 1.807) is 0 Å². The zero-order chi connectivity index (χ0) is 36.4. The number of hydrogen-bond donors (Lipinski definition) is 2. The second kappa shape index (κ2) is 18.5. The summed E-state index contributed by atoms with van der Waals surface area (Å²) in [5, 5.41) is 6.28. The molecule has 2 N–H and O–H groups in total. The van der Waals surface area contributed by atoms with Crippen LogP contribution in [-0.2, 0) is 9.47 Å². The Labute approximate surface area is 308 Å². The third-order valence-electron chi connectivity index (χ3n) is 14.9. The van der Waals surface area contributed by atoms with E-state index in [1.807, 2.05) is 0 Å². The van der Waals surface area contributed by atoms with Gasteiger partial charge in [-0.3, -0.25) is 0 Å². The highest BCUT2D eigenvalue weighted by Crippen LogP contribution is 2.64. The number of carbonyl (C=O) groups excluding carboxylic acids is 2. The maximum absolute atomic E-state index is 13.5. The largest absolute Gasteiger partial charge is 0.449 e. The maximum atomic E-state index is 13.5. The standard InChI is InChI=1S/C44H80N2O4/c1-9-10-11-12-13-14-15-16-17-18-28-45-39(47)49-31-42(6)27-26-41(4,5)38(30-42)46-40(48)50-32-43(7)24-19-25-44(8)36-22-20-34(33(2)3)29-35(36)21-23-37(43)44/h33-38H,9-32H2,1-8H3,(H,45,47)(H,46,48). The quantitative estimate of drug-likeness (QED) is 0.148. The third kappa shape index (κ3) is 11.0. The number of carbonyl (C=O) groups is 2. The van der Waals surface area contributed by atoms with E-state index in [0.717, 1.165) is 62.2 Å². The molecule has 4 aliphatic carbocycles. The van der Waals surface area contributed by atoms with Crippen LogP contribution in [0.5, 0.6) is 0 Å². The van der Waals surface area contributed by atoms with Gasteiger partial charge in [-0.25, -0.2) is 9.59 Å². The molecule has 290 valence electrons. The zero-order valence-electron chi connectivity index (χ0n) is 34.1. The summed E-state index contributed by atoms with van der Waals surface area (Å²) in [6.07, 6.45) is 25.5. The smallest absolute Gasteiger partial charge is 0.407 e. The average molecular weight is 701 g/mol. The van der Waals surface area contributed by atoms with Gasteiger partial charge in [0.05, 0.1) is 13.2 Å². The highest BCUT2D eigenvalue weighted by Gasteiger charge is 2.57. The fourth-order valence-electron chi connectivity index (χ4n) is 11.3. The highest BCUT2D eigenvalue weighted by molar-refractivity contribution is 5.68. The van der Waals surface area contributed by atoms with Gasteiger partial charge in [0, 0.05) is 23.4 Å². The Bertz CT molecular complexity index is 1060. The fraction of sp³-hybridized carbons (Fsp3) is 0.955. The van der Waals surface area contributed by atoms with Gasteiger partial charge in [0.1, 0.15) is 0 Å². The minimum absolute atomic E-state index is 0.0249. The fourth-order valence-corrected chi connectivity index (χ4v) is 11.3. The number of hydrogen-bond acceptors (Lipinski definition) is 4. The topological polar surface area (TPSA) is 76.7 Å². The molecular weight excluding hydrogens is 620 g/mol. The second-order valence-electron chi connectivity index (χ2n) is 19.8. The lowest BCUT2D eigenvalue weighted by atomic mass is 9.44. The molecule has 0 saturated heterocycles. The number of alkyl carbamates (subject to hydrolysis) is 2. The molecule has 4 rings (SSSR count). The van der Waals surface area contributed by atoms with Crippen molar-refractivity contribution in [2.24, 2.45) is 51.2 Å². The molecule has 6 heteroatoms. The molecule has 4 fully saturated rings. The SMILES string of the molecule is CCCCCCCCCCCCNC(=O)OCC1(C)CCC(C)(C)C(NC(=O)OCC2(C)CCCC3(C)C4CCC(C(C)C)CC4CCC23)C1. The van der Waals surface area contributed by atoms with Gasteiger partial charge >= 0.3 is 12.2 Å². The molecule has 50 heavy (non-hydrogen) atoms. The summed E-state index contributed by atoms with van der Waals surface area (Å²) in [4.78, 5) is 26.0. The van der Waals surface area contributed by atoms with Gasteiger partial charge < -0.3 is 20.1 Å². The lowest BCUT2D eigenvalue weighted by Crippen LogP contribution is -2.56. The minimum atomic E-state index is -0.314. The van der Waals surface area contributed by atoms with Crippen molar-refractivity contribution in [1.29, 1.82) is 0 Å². The van der Waals surface area contributed by atoms with E-state index in [0.29, 0.717) is 31.1 Å². The van der Waals surface area contributed by atoms with Crippen molar-refractivity contribution in [3.8, 4) is 0 Å². The molecule has 8 atom stereocenters. The van der Waals surface area contributed by atoms with Crippen LogP contribution < -0.4 is 10.6 Å². The van der Waals surface area contributed by atoms with E-state index >= 15 is 0 Å². The minimum Gasteiger partial charge on any atom is -0.449 e. The van der Waals surface area contributed by atoms with Crippen molar-refractivity contribution >= 4 is 12.2 Å². The molecule has 0 bridgehead atoms. The molecule has 4 aliphatic rings. The predicted octanol–water partition coefficient (Wildman–Crippen LogP) is 12.2. The summed E-state index contributed by atoms with van der Waals surface area (Å²) in [6, 6.07) is -0.0249. The van der Waals surface area contributed by atoms with E-state index in [-0.39, 0.29) is 34.5 Å². The van der Waals surface area contributed by atoms with E-state index in [2.05, 4.69) is 66.0 Å². The van der Waals surface area contributed by atoms with Crippen LogP contribution in [0.3, 0.4) is 0 Å². The lowest BCUT2D eigenvalue weighted by molar-refractivity contribution is -0.136. The first-order valence-electron chi connectivity index (χ1n) is 21.6. The van der Waals surface area contributed by atoms with E-state index in [4.69, 9.17) is 9.47 Å². The van der Waals surface area contributed by atoms with Crippen LogP contribution >= 0.6 is 0 Å². The number of nitrogens with one attached hydrogen (secondary N) is 2. The van der Waals surface area contributed by atoms with E-state index < -0.39 is 0 Å². The second-order valence-corrected chi connectivity index (χ2v) is 19.8. The molecule has 0 heterocycles. The Balaban J connectivity index is 1.19. The monoisotopic (exact) mass is 701 g/mol. The van der Waals surface area contributed by atoms with Crippen LogP contribution in [0.1, 0.15) is 190 Å². The van der Waals surface area contributed by atoms with Crippen LogP contribution in [0.4, 0.5) is 9.59 Å². The molecule has 0 aromatic heterocycles. The Morgan fingerprint density at radius 3 is 2.08 bits per heavy atom. The predicted molar refractivity (Wildman–Crippen MR) is 207 cm³/mol. The summed E-state index contributed by atoms with van der Waals surface area (Å²) < 4.78 is 11.9. The van der Waals surface area contributed by atoms with Crippen molar-refractivity contribution in [2.75, 3.05) is 19.8 Å². The molecule has 0 aliphatic heterocycles. The summed E-state index contributed by atoms with van der Waals surface area (Å²) in [5.74, 6) is 4.03. The molecule has 8 unspecified atom stereocenters. The summed E-state index contributed by atoms with van der Waals surface area (Å²) in [5.41, 5.74) is 0.184. The molecule has 6 nitrogen and oxygen atoms in total. The third-order valence-corrected chi connectivity index (χ3v) is 14.9. The molecule has 0 radical (unpaired) electrons. The van der Waals surface area contributed by atoms with Crippen LogP contribution in [0.15, 0.2) is 0 Å². The Hall–Kier alpha value is -1.46. The number of unbranched alkanes of at least 4 members (excludes halogenated alkanes) is 9. The average Bonchev–Trinajstić information content (AvgIpc) is 3.07. The molecule has 0 aromatic carbocycles. The molecule has 0 spiro atoms. The summed E-state index contributed by atoms with van der Waals surface area (Å²) >= 11 is 0. The van der Waals surface area contributed by atoms with Gasteiger partial charge in [-0.2, -0.15) is 0 Å². The Morgan fingerprint density at radius 1 is 0.740 bits per heavy atom. The van der Waals surface area contributed by atoms with Gasteiger partial charge in [0.2, 0.25) is 0 Å². The van der Waals surface area contributed by atoms with Crippen LogP contribution in [0.2, 0.25) is 0 Å². The van der Waals surface area contributed by atoms with Crippen molar-refractivity contribution in [2.45, 2.75) is 196 Å². The maximum Gasteiger partial charge on any atom is 0.407 e. The molecule has 2 amide bonds. The normalized spacial score (nSPS) is 35.1. The van der Waals surface area contributed by atoms with Crippen LogP contribution in [0, 0.1) is 51.2 Å². The first kappa shape index (κ1) is 41.3. The number of ether oxygens (including phenoxy) is 2. The van der Waals surface area contributed by atoms with Crippen molar-refractivity contribution < 1.29 is 19.1 Å². The molecule has 0 aromatic rings. The highest BCUT2D eigenvalue weighted by atomic mass is 16.6. The molecule has 4 saturated carbocycles. The van der Waals surface area contributed by atoms with E-state index in [9.17, 15) is 9.59 Å². The van der Waals surface area contributed by atoms with E-state index in [1.165, 1.54) is 96.3 Å². The zero-order valence-corrected chi connectivity index (χ0v) is 34.1. The Kier molecular flexibility index (Phi) is 15.3. The van der Waals surface area contributed by atoms with Crippen molar-refractivity contribution in [3.05, 3.63) is 0 Å². The van der Waals surface area contributed by atoms with Crippen LogP contribution in [-0.4, -0.2) is 38.0 Å². The molecular formula is C44H80N2O4. The first-order valence-corrected chi connectivity index (χ1v) is 21.6. The number of rotatable bonds is 17. The van der Waals surface area contributed by atoms with Gasteiger partial charge in [-0.15, -0.1) is 0 Å². The lowest BCUT2D eigenvalue weighted by Gasteiger charge is -2.61. The Morgan fingerprint density at radius 2 is 1.40 bits per heavy atom.